The van der Waals surface area contributed by atoms with Crippen molar-refractivity contribution in [3.8, 4) is 5.75 Å². The van der Waals surface area contributed by atoms with Crippen molar-refractivity contribution in [3.63, 3.8) is 0 Å². The van der Waals surface area contributed by atoms with E-state index in [4.69, 9.17) is 4.74 Å². The summed E-state index contributed by atoms with van der Waals surface area (Å²) in [5.74, 6) is 2.82. The van der Waals surface area contributed by atoms with Crippen molar-refractivity contribution in [1.82, 2.24) is 5.32 Å². The van der Waals surface area contributed by atoms with Crippen LogP contribution in [0.15, 0.2) is 24.3 Å². The highest BCUT2D eigenvalue weighted by atomic mass is 16.5. The van der Waals surface area contributed by atoms with E-state index in [1.807, 2.05) is 24.3 Å². The van der Waals surface area contributed by atoms with E-state index in [1.165, 1.54) is 0 Å². The number of fused-ring (bicyclic) bond motifs is 5. The quantitative estimate of drug-likeness (QED) is 0.381. The molecule has 218 valence electrons. The van der Waals surface area contributed by atoms with E-state index >= 15 is 0 Å². The number of aliphatic hydroxyl groups is 3. The largest absolute Gasteiger partial charge is 0.496 e. The lowest BCUT2D eigenvalue weighted by Gasteiger charge is -2.63. The maximum absolute atomic E-state index is 12.7. The molecule has 4 N–H and O–H groups in total. The van der Waals surface area contributed by atoms with Gasteiger partial charge in [0, 0.05) is 13.0 Å². The minimum atomic E-state index is -0.386. The van der Waals surface area contributed by atoms with Crippen molar-refractivity contribution in [1.29, 1.82) is 0 Å². The molecule has 1 aromatic carbocycles. The fourth-order valence-corrected chi connectivity index (χ4v) is 10.0. The second-order valence-corrected chi connectivity index (χ2v) is 14.0. The van der Waals surface area contributed by atoms with Gasteiger partial charge in [-0.15, -0.1) is 0 Å². The van der Waals surface area contributed by atoms with Gasteiger partial charge in [0.25, 0.3) is 0 Å². The molecule has 0 heterocycles. The summed E-state index contributed by atoms with van der Waals surface area (Å²) in [6.45, 7) is 7.51. The van der Waals surface area contributed by atoms with Gasteiger partial charge in [-0.25, -0.2) is 0 Å². The van der Waals surface area contributed by atoms with Gasteiger partial charge in [0.2, 0.25) is 5.91 Å². The smallest absolute Gasteiger partial charge is 0.220 e. The van der Waals surface area contributed by atoms with Gasteiger partial charge in [-0.05, 0) is 116 Å². The minimum absolute atomic E-state index is 0.0851. The Morgan fingerprint density at radius 2 is 1.85 bits per heavy atom. The molecular weight excluding hydrogens is 490 g/mol. The molecule has 0 saturated heterocycles. The molecule has 0 bridgehead atoms. The number of ether oxygens (including phenoxy) is 1. The van der Waals surface area contributed by atoms with Crippen LogP contribution in [0, 0.1) is 46.3 Å². The van der Waals surface area contributed by atoms with E-state index in [-0.39, 0.29) is 41.0 Å². The van der Waals surface area contributed by atoms with Crippen LogP contribution in [0.5, 0.6) is 5.75 Å². The van der Waals surface area contributed by atoms with Crippen LogP contribution < -0.4 is 10.1 Å². The van der Waals surface area contributed by atoms with Crippen molar-refractivity contribution in [2.75, 3.05) is 13.7 Å². The average molecular weight is 542 g/mol. The van der Waals surface area contributed by atoms with Crippen LogP contribution in [-0.2, 0) is 11.2 Å². The Bertz CT molecular complexity index is 1020. The average Bonchev–Trinajstić information content (AvgIpc) is 3.27. The van der Waals surface area contributed by atoms with Crippen LogP contribution in [0.4, 0.5) is 0 Å². The first-order valence-electron chi connectivity index (χ1n) is 15.5. The van der Waals surface area contributed by atoms with E-state index in [1.54, 1.807) is 7.11 Å². The first-order valence-corrected chi connectivity index (χ1v) is 15.5. The number of benzene rings is 1. The standard InChI is InChI=1S/C33H51NO5/c1-20(9-12-30(38)34-16-14-21-7-5-6-8-28(21)39-4)24-10-11-25-31-26(19-29(37)33(24,25)3)32(2)15-13-23(35)17-22(32)18-27(31)36/h5-8,20,22-27,29,31,35-37H,9-19H2,1-4H3,(H,34,38)/t20-,22-,23-,24+,25-,26-,27-,29+,31+,32+,33-/m1/s1. The Balaban J connectivity index is 1.19. The molecule has 4 saturated carbocycles. The molecule has 0 spiro atoms. The third-order valence-electron chi connectivity index (χ3n) is 12.3. The Morgan fingerprint density at radius 1 is 1.08 bits per heavy atom. The van der Waals surface area contributed by atoms with Gasteiger partial charge < -0.3 is 25.4 Å². The third kappa shape index (κ3) is 5.15. The van der Waals surface area contributed by atoms with Crippen molar-refractivity contribution < 1.29 is 24.9 Å². The molecule has 6 nitrogen and oxygen atoms in total. The van der Waals surface area contributed by atoms with E-state index in [0.717, 1.165) is 69.1 Å². The SMILES string of the molecule is COc1ccccc1CCNC(=O)CC[C@@H](C)[C@@H]1CC[C@@H]2[C@@H]3[C@H](O)C[C@H]4C[C@H](O)CC[C@]4(C)[C@@H]3C[C@H](O)[C@@]21C. The first kappa shape index (κ1) is 28.9. The molecule has 4 fully saturated rings. The summed E-state index contributed by atoms with van der Waals surface area (Å²) in [4.78, 5) is 12.7. The van der Waals surface area contributed by atoms with Crippen LogP contribution in [0.2, 0.25) is 0 Å². The second-order valence-electron chi connectivity index (χ2n) is 14.0. The molecule has 4 aliphatic rings. The predicted octanol–water partition coefficient (Wildman–Crippen LogP) is 4.73. The van der Waals surface area contributed by atoms with Gasteiger partial charge in [-0.3, -0.25) is 4.79 Å². The highest BCUT2D eigenvalue weighted by Crippen LogP contribution is 2.68. The number of carbonyl (C=O) groups excluding carboxylic acids is 1. The lowest BCUT2D eigenvalue weighted by Crippen LogP contribution is -2.62. The molecule has 1 amide bonds. The number of nitrogens with one attached hydrogen (secondary N) is 1. The third-order valence-corrected chi connectivity index (χ3v) is 12.3. The molecule has 11 atom stereocenters. The summed E-state index contributed by atoms with van der Waals surface area (Å²) < 4.78 is 5.42. The maximum atomic E-state index is 12.7. The molecule has 4 aliphatic carbocycles. The van der Waals surface area contributed by atoms with Crippen molar-refractivity contribution in [2.45, 2.75) is 103 Å². The molecule has 1 aromatic rings. The highest BCUT2D eigenvalue weighted by Gasteiger charge is 2.65. The second kappa shape index (κ2) is 11.3. The number of amides is 1. The number of aliphatic hydroxyl groups excluding tert-OH is 3. The zero-order chi connectivity index (χ0) is 27.9. The summed E-state index contributed by atoms with van der Waals surface area (Å²) in [5.41, 5.74) is 0.966. The van der Waals surface area contributed by atoms with Gasteiger partial charge in [-0.2, -0.15) is 0 Å². The predicted molar refractivity (Wildman–Crippen MR) is 152 cm³/mol. The van der Waals surface area contributed by atoms with Crippen LogP contribution >= 0.6 is 0 Å². The molecular formula is C33H51NO5. The molecule has 6 heteroatoms. The maximum Gasteiger partial charge on any atom is 0.220 e. The van der Waals surface area contributed by atoms with E-state index in [2.05, 4.69) is 26.1 Å². The van der Waals surface area contributed by atoms with Crippen LogP contribution in [0.25, 0.3) is 0 Å². The Morgan fingerprint density at radius 3 is 2.62 bits per heavy atom. The van der Waals surface area contributed by atoms with Crippen molar-refractivity contribution in [2.24, 2.45) is 46.3 Å². The van der Waals surface area contributed by atoms with Crippen molar-refractivity contribution in [3.05, 3.63) is 29.8 Å². The summed E-state index contributed by atoms with van der Waals surface area (Å²) in [6, 6.07) is 7.92. The summed E-state index contributed by atoms with van der Waals surface area (Å²) in [5, 5.41) is 36.6. The summed E-state index contributed by atoms with van der Waals surface area (Å²) in [6.07, 6.45) is 7.34. The van der Waals surface area contributed by atoms with Gasteiger partial charge >= 0.3 is 0 Å². The number of carbonyl (C=O) groups is 1. The highest BCUT2D eigenvalue weighted by molar-refractivity contribution is 5.75. The molecule has 5 rings (SSSR count). The lowest BCUT2D eigenvalue weighted by atomic mass is 9.43. The molecule has 0 radical (unpaired) electrons. The van der Waals surface area contributed by atoms with Crippen LogP contribution in [0.1, 0.15) is 84.1 Å². The lowest BCUT2D eigenvalue weighted by molar-refractivity contribution is -0.207. The van der Waals surface area contributed by atoms with Crippen molar-refractivity contribution >= 4 is 5.91 Å². The zero-order valence-corrected chi connectivity index (χ0v) is 24.4. The first-order chi connectivity index (χ1) is 18.6. The normalized spacial score (nSPS) is 42.1. The molecule has 0 aromatic heterocycles. The monoisotopic (exact) mass is 541 g/mol. The number of para-hydroxylation sites is 1. The molecule has 39 heavy (non-hydrogen) atoms. The number of hydrogen-bond acceptors (Lipinski definition) is 5. The van der Waals surface area contributed by atoms with E-state index in [9.17, 15) is 20.1 Å². The molecule has 0 unspecified atom stereocenters. The zero-order valence-electron chi connectivity index (χ0n) is 24.4. The van der Waals surface area contributed by atoms with Gasteiger partial charge in [0.1, 0.15) is 5.75 Å². The van der Waals surface area contributed by atoms with E-state index in [0.29, 0.717) is 42.6 Å². The Kier molecular flexibility index (Phi) is 8.39. The van der Waals surface area contributed by atoms with E-state index < -0.39 is 0 Å². The summed E-state index contributed by atoms with van der Waals surface area (Å²) >= 11 is 0. The molecule has 0 aliphatic heterocycles. The number of rotatable bonds is 8. The summed E-state index contributed by atoms with van der Waals surface area (Å²) in [7, 11) is 1.67. The number of methoxy groups -OCH3 is 1. The van der Waals surface area contributed by atoms with Crippen LogP contribution in [-0.4, -0.2) is 53.2 Å². The van der Waals surface area contributed by atoms with Gasteiger partial charge in [0.05, 0.1) is 25.4 Å². The Hall–Kier alpha value is -1.63. The topological polar surface area (TPSA) is 99.0 Å². The van der Waals surface area contributed by atoms with Gasteiger partial charge in [0.15, 0.2) is 0 Å². The fourth-order valence-electron chi connectivity index (χ4n) is 10.0. The Labute approximate surface area is 234 Å². The van der Waals surface area contributed by atoms with Crippen LogP contribution in [0.3, 0.4) is 0 Å². The number of hydrogen-bond donors (Lipinski definition) is 4. The fraction of sp³-hybridized carbons (Fsp3) is 0.788. The van der Waals surface area contributed by atoms with Gasteiger partial charge in [-0.1, -0.05) is 39.0 Å². The minimum Gasteiger partial charge on any atom is -0.496 e.